The fourth-order valence-electron chi connectivity index (χ4n) is 2.47. The van der Waals surface area contributed by atoms with Crippen molar-refractivity contribution in [2.24, 2.45) is 11.3 Å². The molecular formula is C15H34. The standard InChI is InChI=1S/C11H22.2C2H6/c1-4-5-7-11(3)8-6-10(2)9-11;2*1-2/h10H,4-9H2,1-3H3;2*1-2H3. The van der Waals surface area contributed by atoms with Gasteiger partial charge in [-0.1, -0.05) is 67.7 Å². The third-order valence-corrected chi connectivity index (χ3v) is 3.22. The van der Waals surface area contributed by atoms with E-state index in [1.807, 2.05) is 27.7 Å². The summed E-state index contributed by atoms with van der Waals surface area (Å²) < 4.78 is 0. The third-order valence-electron chi connectivity index (χ3n) is 3.22. The Morgan fingerprint density at radius 2 is 1.67 bits per heavy atom. The zero-order valence-electron chi connectivity index (χ0n) is 12.3. The Morgan fingerprint density at radius 1 is 1.13 bits per heavy atom. The largest absolute Gasteiger partial charge is 0.0683 e. The summed E-state index contributed by atoms with van der Waals surface area (Å²) in [6, 6.07) is 0. The van der Waals surface area contributed by atoms with Crippen molar-refractivity contribution in [3.63, 3.8) is 0 Å². The first-order valence-corrected chi connectivity index (χ1v) is 7.16. The zero-order chi connectivity index (χ0) is 12.3. The second-order valence-corrected chi connectivity index (χ2v) is 4.76. The number of hydrogen-bond donors (Lipinski definition) is 0. The van der Waals surface area contributed by atoms with Gasteiger partial charge in [-0.25, -0.2) is 0 Å². The van der Waals surface area contributed by atoms with Crippen molar-refractivity contribution in [3.8, 4) is 0 Å². The minimum Gasteiger partial charge on any atom is -0.0683 e. The minimum absolute atomic E-state index is 0.718. The molecule has 0 N–H and O–H groups in total. The molecule has 1 aliphatic rings. The fraction of sp³-hybridized carbons (Fsp3) is 1.00. The first-order valence-electron chi connectivity index (χ1n) is 7.16. The van der Waals surface area contributed by atoms with Crippen LogP contribution in [0.5, 0.6) is 0 Å². The van der Waals surface area contributed by atoms with Gasteiger partial charge in [0, 0.05) is 0 Å². The van der Waals surface area contributed by atoms with E-state index < -0.39 is 0 Å². The molecule has 1 rings (SSSR count). The second-order valence-electron chi connectivity index (χ2n) is 4.76. The van der Waals surface area contributed by atoms with Crippen molar-refractivity contribution in [1.29, 1.82) is 0 Å². The van der Waals surface area contributed by atoms with Gasteiger partial charge in [0.25, 0.3) is 0 Å². The molecule has 0 aromatic carbocycles. The van der Waals surface area contributed by atoms with E-state index in [1.54, 1.807) is 0 Å². The van der Waals surface area contributed by atoms with Crippen LogP contribution in [0.2, 0.25) is 0 Å². The van der Waals surface area contributed by atoms with E-state index in [0.717, 1.165) is 11.3 Å². The maximum atomic E-state index is 2.48. The molecule has 2 atom stereocenters. The van der Waals surface area contributed by atoms with E-state index in [1.165, 1.54) is 38.5 Å². The van der Waals surface area contributed by atoms with E-state index >= 15 is 0 Å². The Bertz CT molecular complexity index is 117. The van der Waals surface area contributed by atoms with Crippen LogP contribution < -0.4 is 0 Å². The van der Waals surface area contributed by atoms with Crippen molar-refractivity contribution in [2.45, 2.75) is 87.0 Å². The van der Waals surface area contributed by atoms with Gasteiger partial charge in [-0.3, -0.25) is 0 Å². The van der Waals surface area contributed by atoms with Gasteiger partial charge in [0.2, 0.25) is 0 Å². The first kappa shape index (κ1) is 17.4. The normalized spacial score (nSPS) is 28.6. The third kappa shape index (κ3) is 7.88. The molecule has 1 aliphatic carbocycles. The quantitative estimate of drug-likeness (QED) is 0.536. The minimum atomic E-state index is 0.718. The van der Waals surface area contributed by atoms with E-state index in [0.29, 0.717) is 0 Å². The Labute approximate surface area is 98.9 Å². The average Bonchev–Trinajstić information content (AvgIpc) is 2.62. The van der Waals surface area contributed by atoms with Gasteiger partial charge in [0.1, 0.15) is 0 Å². The molecule has 15 heavy (non-hydrogen) atoms. The fourth-order valence-corrected chi connectivity index (χ4v) is 2.47. The SMILES string of the molecule is CC.CC.CCCCC1(C)CCC(C)C1. The van der Waals surface area contributed by atoms with Crippen molar-refractivity contribution < 1.29 is 0 Å². The summed E-state index contributed by atoms with van der Waals surface area (Å²) in [6.45, 7) is 15.2. The van der Waals surface area contributed by atoms with Crippen LogP contribution in [-0.4, -0.2) is 0 Å². The van der Waals surface area contributed by atoms with Crippen molar-refractivity contribution in [3.05, 3.63) is 0 Å². The van der Waals surface area contributed by atoms with Gasteiger partial charge in [-0.05, 0) is 30.6 Å². The Morgan fingerprint density at radius 3 is 2.00 bits per heavy atom. The van der Waals surface area contributed by atoms with Gasteiger partial charge in [0.15, 0.2) is 0 Å². The smallest absolute Gasteiger partial charge is 0.0323 e. The molecule has 0 saturated heterocycles. The molecule has 0 heteroatoms. The number of rotatable bonds is 3. The number of hydrogen-bond acceptors (Lipinski definition) is 0. The summed E-state index contributed by atoms with van der Waals surface area (Å²) in [4.78, 5) is 0. The maximum Gasteiger partial charge on any atom is -0.0323 e. The van der Waals surface area contributed by atoms with E-state index in [-0.39, 0.29) is 0 Å². The van der Waals surface area contributed by atoms with Crippen LogP contribution in [0.1, 0.15) is 87.0 Å². The van der Waals surface area contributed by atoms with Crippen LogP contribution in [0.4, 0.5) is 0 Å². The maximum absolute atomic E-state index is 2.48. The van der Waals surface area contributed by atoms with Gasteiger partial charge >= 0.3 is 0 Å². The molecule has 0 nitrogen and oxygen atoms in total. The van der Waals surface area contributed by atoms with Gasteiger partial charge in [-0.2, -0.15) is 0 Å². The van der Waals surface area contributed by atoms with Crippen LogP contribution in [0.15, 0.2) is 0 Å². The lowest BCUT2D eigenvalue weighted by molar-refractivity contribution is 0.288. The predicted molar refractivity (Wildman–Crippen MR) is 73.3 cm³/mol. The molecule has 0 radical (unpaired) electrons. The molecule has 1 saturated carbocycles. The highest BCUT2D eigenvalue weighted by atomic mass is 14.4. The topological polar surface area (TPSA) is 0 Å². The average molecular weight is 214 g/mol. The highest BCUT2D eigenvalue weighted by Gasteiger charge is 2.31. The summed E-state index contributed by atoms with van der Waals surface area (Å²) in [5.41, 5.74) is 0.718. The Hall–Kier alpha value is 0. The lowest BCUT2D eigenvalue weighted by Crippen LogP contribution is -2.10. The summed E-state index contributed by atoms with van der Waals surface area (Å²) in [7, 11) is 0. The summed E-state index contributed by atoms with van der Waals surface area (Å²) in [5.74, 6) is 0.997. The molecule has 0 heterocycles. The van der Waals surface area contributed by atoms with Crippen molar-refractivity contribution in [1.82, 2.24) is 0 Å². The molecule has 0 amide bonds. The molecule has 2 unspecified atom stereocenters. The molecule has 0 bridgehead atoms. The van der Waals surface area contributed by atoms with Gasteiger partial charge in [0.05, 0.1) is 0 Å². The van der Waals surface area contributed by atoms with E-state index in [4.69, 9.17) is 0 Å². The lowest BCUT2D eigenvalue weighted by atomic mass is 9.83. The Kier molecular flexibility index (Phi) is 12.2. The monoisotopic (exact) mass is 214 g/mol. The number of unbranched alkanes of at least 4 members (excludes halogenated alkanes) is 1. The predicted octanol–water partition coefficient (Wildman–Crippen LogP) is 6.06. The molecule has 0 spiro atoms. The summed E-state index contributed by atoms with van der Waals surface area (Å²) in [5, 5.41) is 0. The van der Waals surface area contributed by atoms with Crippen molar-refractivity contribution in [2.75, 3.05) is 0 Å². The lowest BCUT2D eigenvalue weighted by Gasteiger charge is -2.23. The molecule has 0 aliphatic heterocycles. The molecular weight excluding hydrogens is 180 g/mol. The second kappa shape index (κ2) is 10.5. The highest BCUT2D eigenvalue weighted by Crippen LogP contribution is 2.44. The van der Waals surface area contributed by atoms with Gasteiger partial charge < -0.3 is 0 Å². The van der Waals surface area contributed by atoms with Crippen LogP contribution in [0, 0.1) is 11.3 Å². The first-order chi connectivity index (χ1) is 7.16. The molecule has 0 aromatic rings. The highest BCUT2D eigenvalue weighted by molar-refractivity contribution is 4.83. The van der Waals surface area contributed by atoms with E-state index in [2.05, 4.69) is 20.8 Å². The molecule has 94 valence electrons. The molecule has 1 fully saturated rings. The van der Waals surface area contributed by atoms with Gasteiger partial charge in [-0.15, -0.1) is 0 Å². The van der Waals surface area contributed by atoms with Crippen LogP contribution in [-0.2, 0) is 0 Å². The van der Waals surface area contributed by atoms with Crippen molar-refractivity contribution >= 4 is 0 Å². The van der Waals surface area contributed by atoms with E-state index in [9.17, 15) is 0 Å². The van der Waals surface area contributed by atoms with Crippen LogP contribution in [0.25, 0.3) is 0 Å². The Balaban J connectivity index is 0. The zero-order valence-corrected chi connectivity index (χ0v) is 12.3. The van der Waals surface area contributed by atoms with Crippen LogP contribution in [0.3, 0.4) is 0 Å². The summed E-state index contributed by atoms with van der Waals surface area (Å²) in [6.07, 6.45) is 8.70. The van der Waals surface area contributed by atoms with Crippen LogP contribution >= 0.6 is 0 Å². The summed E-state index contributed by atoms with van der Waals surface area (Å²) >= 11 is 0. The molecule has 0 aromatic heterocycles.